The molecule has 0 aliphatic carbocycles. The summed E-state index contributed by atoms with van der Waals surface area (Å²) < 4.78 is 121. The number of hydrogen-bond donors (Lipinski definition) is 0. The second-order valence-electron chi connectivity index (χ2n) is 9.18. The van der Waals surface area contributed by atoms with Crippen molar-refractivity contribution in [1.29, 1.82) is 0 Å². The van der Waals surface area contributed by atoms with Gasteiger partial charge in [-0.15, -0.1) is 0 Å². The van der Waals surface area contributed by atoms with E-state index in [-0.39, 0.29) is 63.8 Å². The Bertz CT molecular complexity index is 970. The zero-order chi connectivity index (χ0) is 40.0. The summed E-state index contributed by atoms with van der Waals surface area (Å²) in [5.74, 6) is -6.55. The van der Waals surface area contributed by atoms with Gasteiger partial charge in [-0.1, -0.05) is 159 Å². The summed E-state index contributed by atoms with van der Waals surface area (Å²) in [6, 6.07) is 26.3. The Morgan fingerprint density at radius 2 is 0.625 bits per heavy atom. The average molecular weight is 1140 g/mol. The Labute approximate surface area is 344 Å². The predicted molar refractivity (Wildman–Crippen MR) is 236 cm³/mol. The van der Waals surface area contributed by atoms with E-state index in [0.29, 0.717) is 38.2 Å². The molecule has 338 valence electrons. The van der Waals surface area contributed by atoms with Crippen LogP contribution in [0.4, 0.5) is 39.5 Å². The minimum absolute atomic E-state index is 0. The molecule has 3 rings (SSSR count). The Hall–Kier alpha value is -3.32. The van der Waals surface area contributed by atoms with Gasteiger partial charge in [0, 0.05) is 19.3 Å². The van der Waals surface area contributed by atoms with Gasteiger partial charge in [-0.05, 0) is 49.5 Å². The van der Waals surface area contributed by atoms with Crippen LogP contribution in [0, 0.1) is 0 Å². The molecule has 0 fully saturated rings. The van der Waals surface area contributed by atoms with Gasteiger partial charge in [0.1, 0.15) is 0 Å². The van der Waals surface area contributed by atoms with E-state index < -0.39 is 28.5 Å². The van der Waals surface area contributed by atoms with E-state index in [9.17, 15) is 39.5 Å². The van der Waals surface area contributed by atoms with Gasteiger partial charge in [0.25, 0.3) is 0 Å². The minimum Gasteiger partial charge on any atom is -0.796 e. The van der Waals surface area contributed by atoms with Gasteiger partial charge in [-0.3, -0.25) is 13.2 Å². The molecular weight excluding hydrogens is 1060 g/mol. The normalized spacial score (nSPS) is 8.38. The molecular formula is C41H77F9O2RfS3-2. The van der Waals surface area contributed by atoms with Crippen LogP contribution in [0.1, 0.15) is 88.9 Å². The van der Waals surface area contributed by atoms with E-state index in [1.165, 1.54) is 5.75 Å². The second kappa shape index (κ2) is 60.9. The van der Waals surface area contributed by atoms with Crippen LogP contribution in [0.2, 0.25) is 0 Å². The third-order valence-corrected chi connectivity index (χ3v) is 4.94. The topological polar surface area (TPSA) is 34.1 Å². The molecule has 0 radical (unpaired) electrons. The van der Waals surface area contributed by atoms with Crippen molar-refractivity contribution in [3.8, 4) is 0 Å². The SMILES string of the molecule is C.C.C.C.C.C.CC(F)(F)Cc1ccccc1.CC(F)(F)Cc1ccccc1.CC(F)(F)Cc1ccccc1.CCSC.CF.CF.CF.C[S-].C[S-](=O)=O.[Rf]. The van der Waals surface area contributed by atoms with Crippen molar-refractivity contribution in [3.05, 3.63) is 108 Å². The van der Waals surface area contributed by atoms with Crippen molar-refractivity contribution in [1.82, 2.24) is 0 Å². The van der Waals surface area contributed by atoms with Crippen LogP contribution >= 0.6 is 11.8 Å². The van der Waals surface area contributed by atoms with Crippen molar-refractivity contribution in [2.24, 2.45) is 0 Å². The molecule has 0 unspecified atom stereocenters. The van der Waals surface area contributed by atoms with Gasteiger partial charge >= 0.3 is 0 Å². The Morgan fingerprint density at radius 3 is 0.714 bits per heavy atom. The van der Waals surface area contributed by atoms with Crippen LogP contribution < -0.4 is 0 Å². The molecule has 0 atom stereocenters. The summed E-state index contributed by atoms with van der Waals surface area (Å²) in [6.07, 6.45) is 4.25. The first-order valence-electron chi connectivity index (χ1n) is 14.2. The molecule has 0 aromatic heterocycles. The number of benzene rings is 3. The third-order valence-electron chi connectivity index (χ3n) is 4.36. The molecule has 0 amide bonds. The first-order valence-corrected chi connectivity index (χ1v) is 17.9. The van der Waals surface area contributed by atoms with Crippen LogP contribution in [0.5, 0.6) is 0 Å². The Morgan fingerprint density at radius 1 is 0.500 bits per heavy atom. The molecule has 0 aliphatic rings. The molecule has 3 aromatic carbocycles. The van der Waals surface area contributed by atoms with Gasteiger partial charge in [0.05, 0.1) is 21.5 Å². The summed E-state index contributed by atoms with van der Waals surface area (Å²) >= 11 is 5.94. The van der Waals surface area contributed by atoms with E-state index in [0.717, 1.165) is 27.0 Å². The number of alkyl halides is 9. The summed E-state index contributed by atoms with van der Waals surface area (Å²) in [4.78, 5) is 0. The smallest absolute Gasteiger partial charge is 0.249 e. The summed E-state index contributed by atoms with van der Waals surface area (Å²) in [7, 11) is -0.361. The van der Waals surface area contributed by atoms with Gasteiger partial charge in [-0.2, -0.15) is 18.0 Å². The van der Waals surface area contributed by atoms with Gasteiger partial charge in [0.15, 0.2) is 0 Å². The Kier molecular flexibility index (Phi) is 97.2. The quantitative estimate of drug-likeness (QED) is 0.174. The minimum atomic E-state index is -2.60. The Balaban J connectivity index is -0.0000000361. The molecule has 0 aliphatic heterocycles. The molecule has 2 nitrogen and oxygen atoms in total. The van der Waals surface area contributed by atoms with Crippen LogP contribution in [0.3, 0.4) is 0 Å². The van der Waals surface area contributed by atoms with E-state index in [2.05, 4.69) is 25.8 Å². The molecule has 0 heterocycles. The molecule has 0 saturated heterocycles. The average Bonchev–Trinajstić information content (AvgIpc) is 3.04. The van der Waals surface area contributed by atoms with E-state index in [1.807, 2.05) is 30.0 Å². The number of thioether (sulfide) groups is 1. The van der Waals surface area contributed by atoms with Crippen LogP contribution in [-0.4, -0.2) is 63.8 Å². The van der Waals surface area contributed by atoms with E-state index in [4.69, 9.17) is 8.42 Å². The van der Waals surface area contributed by atoms with Crippen molar-refractivity contribution >= 4 is 35.1 Å². The monoisotopic (exact) mass is 1140 g/mol. The van der Waals surface area contributed by atoms with Gasteiger partial charge in [-0.25, -0.2) is 26.3 Å². The third kappa shape index (κ3) is 93.0. The van der Waals surface area contributed by atoms with Crippen LogP contribution in [0.15, 0.2) is 91.0 Å². The van der Waals surface area contributed by atoms with Gasteiger partial charge in [0.2, 0.25) is 17.8 Å². The van der Waals surface area contributed by atoms with Crippen LogP contribution in [0.25, 0.3) is 0 Å². The van der Waals surface area contributed by atoms with Crippen molar-refractivity contribution in [2.45, 2.75) is 109 Å². The van der Waals surface area contributed by atoms with E-state index in [1.54, 1.807) is 79.1 Å². The molecule has 15 heteroatoms. The molecule has 56 heavy (non-hydrogen) atoms. The van der Waals surface area contributed by atoms with Gasteiger partial charge < -0.3 is 21.0 Å². The molecule has 0 N–H and O–H groups in total. The van der Waals surface area contributed by atoms with Crippen LogP contribution in [-0.2, 0) is 51.0 Å². The van der Waals surface area contributed by atoms with Crippen molar-refractivity contribution < 1.29 is 47.9 Å². The number of rotatable bonds is 7. The molecule has 0 spiro atoms. The summed E-state index contributed by atoms with van der Waals surface area (Å²) in [5, 5.41) is 0. The van der Waals surface area contributed by atoms with E-state index >= 15 is 0 Å². The fourth-order valence-electron chi connectivity index (χ4n) is 2.86. The predicted octanol–water partition coefficient (Wildman–Crippen LogP) is 15.7. The largest absolute Gasteiger partial charge is 0.796 e. The first kappa shape index (κ1) is 89.4. The van der Waals surface area contributed by atoms with Crippen molar-refractivity contribution in [2.75, 3.05) is 46.1 Å². The zero-order valence-corrected chi connectivity index (χ0v) is 39.5. The molecule has 0 bridgehead atoms. The molecule has 3 aromatic rings. The maximum absolute atomic E-state index is 12.4. The second-order valence-corrected chi connectivity index (χ2v) is 11.1. The fraction of sp³-hybridized carbons (Fsp3) is 0.561. The fourth-order valence-corrected chi connectivity index (χ4v) is 2.86. The first-order chi connectivity index (χ1) is 22.9. The van der Waals surface area contributed by atoms with Crippen molar-refractivity contribution in [3.63, 3.8) is 0 Å². The number of hydrogen-bond acceptors (Lipinski definition) is 5. The maximum Gasteiger partial charge on any atom is 0.249 e. The molecule has 0 saturated carbocycles. The number of halogens is 9. The zero-order valence-electron chi connectivity index (χ0n) is 30.6. The summed E-state index contributed by atoms with van der Waals surface area (Å²) in [5.41, 5.74) is 2.04. The standard InChI is InChI=1S/3C9H10F2.C3H8S.3CH3F.CH3O2S.CH4S.6CH4.Rf/c3*1-9(10,11)7-8-5-3-2-4-6-8;1-3-4-2;3*1-2;1-4(2)3;1-2;;;;;;;/h3*2-6H,7H2,1H3;3H2,1-2H3;3*1H3;1H3;2H,1H3;6*1H4;/q;;;;;;;-1;;;;;;;;/p-1. The maximum atomic E-state index is 12.4. The summed E-state index contributed by atoms with van der Waals surface area (Å²) in [6.45, 7) is 4.94.